The molecule has 0 unspecified atom stereocenters. The normalized spacial score (nSPS) is 10.3. The Morgan fingerprint density at radius 3 is 2.30 bits per heavy atom. The highest BCUT2D eigenvalue weighted by molar-refractivity contribution is 6.37. The van der Waals surface area contributed by atoms with Gasteiger partial charge in [0.05, 0.1) is 24.3 Å². The molecule has 0 bridgehead atoms. The lowest BCUT2D eigenvalue weighted by molar-refractivity contribution is 0.0596. The van der Waals surface area contributed by atoms with Gasteiger partial charge in [-0.05, 0) is 42.3 Å². The highest BCUT2D eigenvalue weighted by Gasteiger charge is 2.17. The predicted molar refractivity (Wildman–Crippen MR) is 89.9 cm³/mol. The van der Waals surface area contributed by atoms with E-state index < -0.39 is 5.97 Å². The summed E-state index contributed by atoms with van der Waals surface area (Å²) in [7, 11) is 2.83. The summed E-state index contributed by atoms with van der Waals surface area (Å²) in [4.78, 5) is 11.9. The number of para-hydroxylation sites is 1. The van der Waals surface area contributed by atoms with Crippen molar-refractivity contribution in [2.45, 2.75) is 13.5 Å². The van der Waals surface area contributed by atoms with E-state index in [2.05, 4.69) is 0 Å². The van der Waals surface area contributed by atoms with Gasteiger partial charge in [0, 0.05) is 0 Å². The molecule has 23 heavy (non-hydrogen) atoms. The number of benzene rings is 2. The maximum atomic E-state index is 11.9. The van der Waals surface area contributed by atoms with Crippen LogP contribution in [0.25, 0.3) is 0 Å². The molecular formula is C17H16Cl2O4. The number of rotatable bonds is 5. The minimum atomic E-state index is -0.470. The maximum Gasteiger partial charge on any atom is 0.341 e. The third-order valence-corrected chi connectivity index (χ3v) is 3.84. The van der Waals surface area contributed by atoms with E-state index in [9.17, 15) is 4.79 Å². The molecule has 0 fully saturated rings. The number of ether oxygens (including phenoxy) is 3. The van der Waals surface area contributed by atoms with E-state index in [0.717, 1.165) is 11.1 Å². The van der Waals surface area contributed by atoms with Crippen molar-refractivity contribution in [3.63, 3.8) is 0 Å². The molecule has 0 aromatic heterocycles. The Labute approximate surface area is 144 Å². The zero-order valence-electron chi connectivity index (χ0n) is 13.0. The van der Waals surface area contributed by atoms with Crippen LogP contribution in [0.1, 0.15) is 21.5 Å². The van der Waals surface area contributed by atoms with E-state index in [1.54, 1.807) is 24.3 Å². The fraction of sp³-hybridized carbons (Fsp3) is 0.235. The molecule has 0 saturated carbocycles. The lowest BCUT2D eigenvalue weighted by Gasteiger charge is -2.14. The number of aryl methyl sites for hydroxylation is 1. The van der Waals surface area contributed by atoms with Crippen molar-refractivity contribution >= 4 is 29.2 Å². The molecule has 122 valence electrons. The maximum absolute atomic E-state index is 11.9. The molecule has 2 rings (SSSR count). The Balaban J connectivity index is 2.30. The van der Waals surface area contributed by atoms with Crippen molar-refractivity contribution in [1.29, 1.82) is 0 Å². The van der Waals surface area contributed by atoms with Crippen LogP contribution in [-0.4, -0.2) is 20.2 Å². The van der Waals surface area contributed by atoms with Gasteiger partial charge in [-0.15, -0.1) is 0 Å². The quantitative estimate of drug-likeness (QED) is 0.731. The van der Waals surface area contributed by atoms with Gasteiger partial charge in [0.1, 0.15) is 17.9 Å². The number of hydrogen-bond donors (Lipinski definition) is 0. The van der Waals surface area contributed by atoms with E-state index in [1.807, 2.05) is 13.0 Å². The van der Waals surface area contributed by atoms with Gasteiger partial charge in [-0.3, -0.25) is 0 Å². The fourth-order valence-corrected chi connectivity index (χ4v) is 2.75. The molecule has 0 spiro atoms. The van der Waals surface area contributed by atoms with Gasteiger partial charge in [0.25, 0.3) is 0 Å². The summed E-state index contributed by atoms with van der Waals surface area (Å²) in [5, 5.41) is 0.854. The molecule has 0 radical (unpaired) electrons. The molecule has 2 aromatic carbocycles. The molecule has 0 N–H and O–H groups in total. The number of methoxy groups -OCH3 is 2. The summed E-state index contributed by atoms with van der Waals surface area (Å²) in [6.45, 7) is 2.05. The summed E-state index contributed by atoms with van der Waals surface area (Å²) >= 11 is 12.2. The van der Waals surface area contributed by atoms with Gasteiger partial charge in [0.2, 0.25) is 0 Å². The number of carbonyl (C=O) groups is 1. The molecule has 0 aliphatic heterocycles. The van der Waals surface area contributed by atoms with Crippen molar-refractivity contribution in [1.82, 2.24) is 0 Å². The highest BCUT2D eigenvalue weighted by atomic mass is 35.5. The van der Waals surface area contributed by atoms with Crippen LogP contribution in [0.2, 0.25) is 10.0 Å². The standard InChI is InChI=1S/C17H16Cl2O4/c1-10-7-11(8-12(15(10)21-2)17(20)22-3)9-23-16-13(18)5-4-6-14(16)19/h4-8H,9H2,1-3H3. The average Bonchev–Trinajstić information content (AvgIpc) is 2.53. The number of hydrogen-bond acceptors (Lipinski definition) is 4. The van der Waals surface area contributed by atoms with Crippen molar-refractivity contribution in [2.24, 2.45) is 0 Å². The molecule has 0 saturated heterocycles. The van der Waals surface area contributed by atoms with Crippen LogP contribution >= 0.6 is 23.2 Å². The molecule has 2 aromatic rings. The lowest BCUT2D eigenvalue weighted by Crippen LogP contribution is -2.07. The first-order valence-corrected chi connectivity index (χ1v) is 7.56. The van der Waals surface area contributed by atoms with Crippen LogP contribution in [0.15, 0.2) is 30.3 Å². The van der Waals surface area contributed by atoms with Gasteiger partial charge in [-0.25, -0.2) is 4.79 Å². The summed E-state index contributed by atoms with van der Waals surface area (Å²) in [5.41, 5.74) is 1.93. The lowest BCUT2D eigenvalue weighted by atomic mass is 10.0. The van der Waals surface area contributed by atoms with Crippen LogP contribution in [0.5, 0.6) is 11.5 Å². The smallest absolute Gasteiger partial charge is 0.341 e. The average molecular weight is 355 g/mol. The first-order valence-electron chi connectivity index (χ1n) is 6.80. The van der Waals surface area contributed by atoms with E-state index in [0.29, 0.717) is 27.1 Å². The van der Waals surface area contributed by atoms with E-state index >= 15 is 0 Å². The highest BCUT2D eigenvalue weighted by Crippen LogP contribution is 2.33. The largest absolute Gasteiger partial charge is 0.496 e. The monoisotopic (exact) mass is 354 g/mol. The van der Waals surface area contributed by atoms with Crippen molar-refractivity contribution in [3.8, 4) is 11.5 Å². The van der Waals surface area contributed by atoms with Crippen molar-refractivity contribution in [2.75, 3.05) is 14.2 Å². The van der Waals surface area contributed by atoms with Crippen molar-refractivity contribution in [3.05, 3.63) is 57.1 Å². The zero-order valence-corrected chi connectivity index (χ0v) is 14.5. The molecular weight excluding hydrogens is 339 g/mol. The third kappa shape index (κ3) is 3.89. The Morgan fingerprint density at radius 1 is 1.09 bits per heavy atom. The Kier molecular flexibility index (Phi) is 5.74. The summed E-state index contributed by atoms with van der Waals surface area (Å²) < 4.78 is 15.8. The Hall–Kier alpha value is -1.91. The van der Waals surface area contributed by atoms with E-state index in [-0.39, 0.29) is 6.61 Å². The Morgan fingerprint density at radius 2 is 1.74 bits per heavy atom. The molecule has 4 nitrogen and oxygen atoms in total. The first kappa shape index (κ1) is 17.4. The summed E-state index contributed by atoms with van der Waals surface area (Å²) in [6, 6.07) is 8.67. The van der Waals surface area contributed by atoms with Gasteiger partial charge >= 0.3 is 5.97 Å². The molecule has 0 amide bonds. The van der Waals surface area contributed by atoms with E-state index in [1.165, 1.54) is 14.2 Å². The van der Waals surface area contributed by atoms with Crippen LogP contribution in [0.4, 0.5) is 0 Å². The predicted octanol–water partition coefficient (Wildman–Crippen LogP) is 4.68. The molecule has 0 heterocycles. The SMILES string of the molecule is COC(=O)c1cc(COc2c(Cl)cccc2Cl)cc(C)c1OC. The van der Waals surface area contributed by atoms with E-state index in [4.69, 9.17) is 37.4 Å². The van der Waals surface area contributed by atoms with Crippen LogP contribution in [-0.2, 0) is 11.3 Å². The van der Waals surface area contributed by atoms with Crippen molar-refractivity contribution < 1.29 is 19.0 Å². The van der Waals surface area contributed by atoms with Gasteiger partial charge in [0.15, 0.2) is 5.75 Å². The molecule has 0 atom stereocenters. The van der Waals surface area contributed by atoms with Crippen LogP contribution in [0.3, 0.4) is 0 Å². The minimum absolute atomic E-state index is 0.207. The molecule has 0 aliphatic rings. The Bertz CT molecular complexity index is 709. The number of carbonyl (C=O) groups excluding carboxylic acids is 1. The summed E-state index contributed by atoms with van der Waals surface area (Å²) in [5.74, 6) is 0.419. The van der Waals surface area contributed by atoms with Gasteiger partial charge in [-0.1, -0.05) is 29.3 Å². The van der Waals surface area contributed by atoms with Gasteiger partial charge < -0.3 is 14.2 Å². The third-order valence-electron chi connectivity index (χ3n) is 3.25. The zero-order chi connectivity index (χ0) is 17.0. The van der Waals surface area contributed by atoms with Crippen LogP contribution in [0, 0.1) is 6.92 Å². The fourth-order valence-electron chi connectivity index (χ4n) is 2.24. The summed E-state index contributed by atoms with van der Waals surface area (Å²) in [6.07, 6.45) is 0. The minimum Gasteiger partial charge on any atom is -0.496 e. The molecule has 6 heteroatoms. The van der Waals surface area contributed by atoms with Gasteiger partial charge in [-0.2, -0.15) is 0 Å². The second-order valence-corrected chi connectivity index (χ2v) is 5.64. The number of halogens is 2. The number of esters is 1. The second-order valence-electron chi connectivity index (χ2n) is 4.82. The molecule has 0 aliphatic carbocycles. The van der Waals surface area contributed by atoms with Crippen LogP contribution < -0.4 is 9.47 Å². The second kappa shape index (κ2) is 7.57. The topological polar surface area (TPSA) is 44.8 Å². The first-order chi connectivity index (χ1) is 11.0.